The van der Waals surface area contributed by atoms with Crippen LogP contribution in [0.2, 0.25) is 0 Å². The van der Waals surface area contributed by atoms with E-state index < -0.39 is 0 Å². The van der Waals surface area contributed by atoms with E-state index in [1.54, 1.807) is 16.0 Å². The van der Waals surface area contributed by atoms with Crippen LogP contribution in [-0.2, 0) is 17.9 Å². The van der Waals surface area contributed by atoms with E-state index in [0.29, 0.717) is 56.8 Å². The third-order valence-corrected chi connectivity index (χ3v) is 8.72. The molecule has 0 aliphatic carbocycles. The third kappa shape index (κ3) is 5.05. The molecule has 6 rings (SSSR count). The highest BCUT2D eigenvalue weighted by atomic mass is 16.5. The Labute approximate surface area is 244 Å². The topological polar surface area (TPSA) is 135 Å². The van der Waals surface area contributed by atoms with Crippen molar-refractivity contribution in [2.45, 2.75) is 51.4 Å². The number of fused-ring (bicyclic) bond motifs is 2. The Kier molecular flexibility index (Phi) is 7.51. The molecule has 2 saturated heterocycles. The maximum atomic E-state index is 13.9. The van der Waals surface area contributed by atoms with Crippen molar-refractivity contribution >= 4 is 28.5 Å². The highest BCUT2D eigenvalue weighted by Gasteiger charge is 2.36. The molecule has 218 valence electrons. The second-order valence-electron chi connectivity index (χ2n) is 11.3. The Morgan fingerprint density at radius 3 is 2.83 bits per heavy atom. The van der Waals surface area contributed by atoms with Crippen molar-refractivity contribution < 1.29 is 14.3 Å². The minimum atomic E-state index is -0.308. The molecule has 0 radical (unpaired) electrons. The van der Waals surface area contributed by atoms with Gasteiger partial charge in [0, 0.05) is 36.6 Å². The minimum absolute atomic E-state index is 0.0951. The van der Waals surface area contributed by atoms with Crippen LogP contribution in [-0.4, -0.2) is 98.6 Å². The standard InChI is InChI=1S/C30H35N9O3/c1-4-26(40)39-13-12-37(15-20(39)9-10-31)28-23-16-38(29(41)27-19(2)7-8-24-22(27)14-32-35-24)17-25(23)33-30(34-28)42-18-21-6-5-11-36(21)3/h4,7-8,14,20-21H,1,5-6,9,11-13,15-18H2,2-3H3,(H,32,35)/t20-,21-/m0/s1. The van der Waals surface area contributed by atoms with E-state index in [0.717, 1.165) is 47.1 Å². The van der Waals surface area contributed by atoms with Crippen LogP contribution in [0.3, 0.4) is 0 Å². The van der Waals surface area contributed by atoms with Gasteiger partial charge in [0.2, 0.25) is 5.91 Å². The van der Waals surface area contributed by atoms with Crippen LogP contribution in [0.25, 0.3) is 10.9 Å². The fourth-order valence-corrected chi connectivity index (χ4v) is 6.35. The molecule has 12 nitrogen and oxygen atoms in total. The van der Waals surface area contributed by atoms with Gasteiger partial charge in [-0.1, -0.05) is 12.6 Å². The van der Waals surface area contributed by atoms with Crippen LogP contribution in [0.1, 0.15) is 46.4 Å². The summed E-state index contributed by atoms with van der Waals surface area (Å²) in [6.45, 7) is 9.14. The summed E-state index contributed by atoms with van der Waals surface area (Å²) in [5.41, 5.74) is 3.92. The van der Waals surface area contributed by atoms with Crippen molar-refractivity contribution in [2.75, 3.05) is 44.7 Å². The number of anilines is 1. The smallest absolute Gasteiger partial charge is 0.318 e. The van der Waals surface area contributed by atoms with Gasteiger partial charge in [0.1, 0.15) is 12.4 Å². The first-order valence-electron chi connectivity index (χ1n) is 14.4. The Morgan fingerprint density at radius 1 is 1.21 bits per heavy atom. The molecule has 0 spiro atoms. The van der Waals surface area contributed by atoms with Crippen LogP contribution < -0.4 is 9.64 Å². The largest absolute Gasteiger partial charge is 0.462 e. The highest BCUT2D eigenvalue weighted by molar-refractivity contribution is 6.07. The van der Waals surface area contributed by atoms with Crippen LogP contribution in [0.4, 0.5) is 5.82 Å². The van der Waals surface area contributed by atoms with E-state index in [9.17, 15) is 14.9 Å². The van der Waals surface area contributed by atoms with E-state index in [4.69, 9.17) is 14.7 Å². The van der Waals surface area contributed by atoms with Crippen molar-refractivity contribution in [3.05, 3.63) is 53.4 Å². The number of nitriles is 1. The van der Waals surface area contributed by atoms with Crippen molar-refractivity contribution in [2.24, 2.45) is 0 Å². The molecule has 2 aromatic heterocycles. The fraction of sp³-hybridized carbons (Fsp3) is 0.467. The number of nitrogens with one attached hydrogen (secondary N) is 1. The number of nitrogens with zero attached hydrogens (tertiary/aromatic N) is 8. The summed E-state index contributed by atoms with van der Waals surface area (Å²) in [4.78, 5) is 44.0. The van der Waals surface area contributed by atoms with Gasteiger partial charge in [-0.3, -0.25) is 14.7 Å². The molecular weight excluding hydrogens is 534 g/mol. The number of carbonyl (C=O) groups is 2. The number of likely N-dealkylation sites (tertiary alicyclic amines) is 1. The molecule has 1 aromatic carbocycles. The molecule has 2 amide bonds. The van der Waals surface area contributed by atoms with Gasteiger partial charge >= 0.3 is 6.01 Å². The Bertz CT molecular complexity index is 1580. The zero-order chi connectivity index (χ0) is 29.4. The van der Waals surface area contributed by atoms with Crippen molar-refractivity contribution in [1.82, 2.24) is 34.9 Å². The average molecular weight is 570 g/mol. The Balaban J connectivity index is 1.32. The van der Waals surface area contributed by atoms with Crippen molar-refractivity contribution in [3.63, 3.8) is 0 Å². The minimum Gasteiger partial charge on any atom is -0.462 e. The van der Waals surface area contributed by atoms with Gasteiger partial charge in [0.05, 0.1) is 54.6 Å². The number of hydrogen-bond acceptors (Lipinski definition) is 9. The number of rotatable bonds is 7. The normalized spacial score (nSPS) is 20.5. The summed E-state index contributed by atoms with van der Waals surface area (Å²) in [6, 6.07) is 6.35. The number of amides is 2. The summed E-state index contributed by atoms with van der Waals surface area (Å²) in [6.07, 6.45) is 5.37. The summed E-state index contributed by atoms with van der Waals surface area (Å²) >= 11 is 0. The number of likely N-dealkylation sites (N-methyl/N-ethyl adjacent to an activating group) is 1. The van der Waals surface area contributed by atoms with E-state index in [1.165, 1.54) is 6.08 Å². The molecule has 2 atom stereocenters. The van der Waals surface area contributed by atoms with Crippen LogP contribution in [0.5, 0.6) is 6.01 Å². The van der Waals surface area contributed by atoms with Gasteiger partial charge in [-0.2, -0.15) is 20.3 Å². The number of ether oxygens (including phenoxy) is 1. The summed E-state index contributed by atoms with van der Waals surface area (Å²) < 4.78 is 6.18. The van der Waals surface area contributed by atoms with Gasteiger partial charge < -0.3 is 24.3 Å². The molecule has 12 heteroatoms. The Morgan fingerprint density at radius 2 is 2.07 bits per heavy atom. The van der Waals surface area contributed by atoms with Gasteiger partial charge in [-0.15, -0.1) is 0 Å². The first-order valence-corrected chi connectivity index (χ1v) is 14.4. The molecular formula is C30H35N9O3. The lowest BCUT2D eigenvalue weighted by Gasteiger charge is -2.41. The van der Waals surface area contributed by atoms with Crippen LogP contribution >= 0.6 is 0 Å². The fourth-order valence-electron chi connectivity index (χ4n) is 6.35. The molecule has 42 heavy (non-hydrogen) atoms. The van der Waals surface area contributed by atoms with Gasteiger partial charge in [0.15, 0.2) is 0 Å². The lowest BCUT2D eigenvalue weighted by atomic mass is 10.0. The molecule has 5 heterocycles. The molecule has 0 unspecified atom stereocenters. The number of benzene rings is 1. The van der Waals surface area contributed by atoms with Crippen LogP contribution in [0, 0.1) is 18.3 Å². The number of aryl methyl sites for hydroxylation is 1. The summed E-state index contributed by atoms with van der Waals surface area (Å²) in [7, 11) is 2.10. The quantitative estimate of drug-likeness (QED) is 0.426. The Hall–Kier alpha value is -4.50. The number of piperazine rings is 1. The van der Waals surface area contributed by atoms with E-state index >= 15 is 0 Å². The molecule has 2 fully saturated rings. The molecule has 1 N–H and O–H groups in total. The highest BCUT2D eigenvalue weighted by Crippen LogP contribution is 2.35. The predicted molar refractivity (Wildman–Crippen MR) is 156 cm³/mol. The van der Waals surface area contributed by atoms with E-state index in [2.05, 4.69) is 39.7 Å². The molecule has 0 bridgehead atoms. The van der Waals surface area contributed by atoms with Gasteiger partial charge in [-0.25, -0.2) is 0 Å². The maximum absolute atomic E-state index is 13.9. The van der Waals surface area contributed by atoms with Crippen molar-refractivity contribution in [3.8, 4) is 12.1 Å². The lowest BCUT2D eigenvalue weighted by molar-refractivity contribution is -0.128. The SMILES string of the molecule is C=CC(=O)N1CCN(c2nc(OC[C@@H]3CCCN3C)nc3c2CN(C(=O)c2c(C)ccc4[nH]ncc24)C3)C[C@@H]1CC#N. The van der Waals surface area contributed by atoms with E-state index in [-0.39, 0.29) is 30.3 Å². The first-order chi connectivity index (χ1) is 20.4. The number of aromatic nitrogens is 4. The second kappa shape index (κ2) is 11.4. The maximum Gasteiger partial charge on any atom is 0.318 e. The number of carbonyl (C=O) groups excluding carboxylic acids is 2. The monoisotopic (exact) mass is 569 g/mol. The number of hydrogen-bond donors (Lipinski definition) is 1. The predicted octanol–water partition coefficient (Wildman–Crippen LogP) is 2.41. The average Bonchev–Trinajstić information content (AvgIpc) is 3.74. The summed E-state index contributed by atoms with van der Waals surface area (Å²) in [5, 5.41) is 17.4. The number of H-pyrrole nitrogens is 1. The van der Waals surface area contributed by atoms with Crippen LogP contribution in [0.15, 0.2) is 31.0 Å². The van der Waals surface area contributed by atoms with Gasteiger partial charge in [0.25, 0.3) is 5.91 Å². The third-order valence-electron chi connectivity index (χ3n) is 8.72. The lowest BCUT2D eigenvalue weighted by Crippen LogP contribution is -2.55. The van der Waals surface area contributed by atoms with Crippen molar-refractivity contribution in [1.29, 1.82) is 5.26 Å². The molecule has 3 aliphatic rings. The van der Waals surface area contributed by atoms with Gasteiger partial charge in [-0.05, 0) is 51.1 Å². The zero-order valence-corrected chi connectivity index (χ0v) is 24.0. The second-order valence-corrected chi connectivity index (χ2v) is 11.3. The van der Waals surface area contributed by atoms with E-state index in [1.807, 2.05) is 19.1 Å². The zero-order valence-electron chi connectivity index (χ0n) is 24.0. The molecule has 3 aliphatic heterocycles. The summed E-state index contributed by atoms with van der Waals surface area (Å²) in [5.74, 6) is 0.410. The molecule has 0 saturated carbocycles. The first kappa shape index (κ1) is 27.7. The number of aromatic amines is 1. The molecule has 3 aromatic rings.